The molecule has 16 heavy (non-hydrogen) atoms. The Hall–Kier alpha value is -0.800. The first-order valence-electron chi connectivity index (χ1n) is 4.98. The molecule has 0 aliphatic rings. The van der Waals surface area contributed by atoms with Gasteiger partial charge in [0.1, 0.15) is 0 Å². The molecule has 4 heteroatoms. The standard InChI is InChI=1S/C12H13ClO2S/c1-9(12(13)15)8-16-11(14)7-10-5-3-2-4-6-10/h2-6,9H,7-8H2,1H3. The maximum atomic E-state index is 11.5. The number of carbonyl (C=O) groups excluding carboxylic acids is 2. The number of rotatable bonds is 5. The molecule has 1 atom stereocenters. The second-order valence-corrected chi connectivity index (χ2v) is 5.00. The number of thioether (sulfide) groups is 1. The fraction of sp³-hybridized carbons (Fsp3) is 0.333. The van der Waals surface area contributed by atoms with E-state index < -0.39 is 0 Å². The van der Waals surface area contributed by atoms with Crippen molar-refractivity contribution in [1.29, 1.82) is 0 Å². The van der Waals surface area contributed by atoms with Crippen LogP contribution in [0.15, 0.2) is 30.3 Å². The number of carbonyl (C=O) groups is 2. The quantitative estimate of drug-likeness (QED) is 0.760. The summed E-state index contributed by atoms with van der Waals surface area (Å²) in [5.74, 6) is 0.181. The Bertz CT molecular complexity index is 365. The van der Waals surface area contributed by atoms with Gasteiger partial charge in [-0.3, -0.25) is 9.59 Å². The summed E-state index contributed by atoms with van der Waals surface area (Å²) in [6.45, 7) is 1.72. The fourth-order valence-electron chi connectivity index (χ4n) is 1.10. The molecule has 0 aromatic heterocycles. The van der Waals surface area contributed by atoms with Gasteiger partial charge in [-0.15, -0.1) is 0 Å². The molecule has 0 saturated carbocycles. The van der Waals surface area contributed by atoms with Gasteiger partial charge in [-0.05, 0) is 17.2 Å². The molecule has 0 N–H and O–H groups in total. The Morgan fingerprint density at radius 2 is 1.94 bits per heavy atom. The van der Waals surface area contributed by atoms with Crippen LogP contribution in [-0.4, -0.2) is 16.1 Å². The van der Waals surface area contributed by atoms with Crippen molar-refractivity contribution < 1.29 is 9.59 Å². The van der Waals surface area contributed by atoms with Crippen LogP contribution in [-0.2, 0) is 16.0 Å². The van der Waals surface area contributed by atoms with E-state index in [1.54, 1.807) is 6.92 Å². The van der Waals surface area contributed by atoms with Gasteiger partial charge in [-0.1, -0.05) is 49.0 Å². The van der Waals surface area contributed by atoms with Gasteiger partial charge in [0.2, 0.25) is 5.24 Å². The first-order valence-corrected chi connectivity index (χ1v) is 6.35. The molecular formula is C12H13ClO2S. The Morgan fingerprint density at radius 1 is 1.31 bits per heavy atom. The third kappa shape index (κ3) is 4.81. The van der Waals surface area contributed by atoms with Crippen molar-refractivity contribution in [2.75, 3.05) is 5.75 Å². The highest BCUT2D eigenvalue weighted by Gasteiger charge is 2.12. The summed E-state index contributed by atoms with van der Waals surface area (Å²) in [6, 6.07) is 9.54. The van der Waals surface area contributed by atoms with Crippen LogP contribution >= 0.6 is 23.4 Å². The summed E-state index contributed by atoms with van der Waals surface area (Å²) in [7, 11) is 0. The second kappa shape index (κ2) is 6.71. The lowest BCUT2D eigenvalue weighted by Crippen LogP contribution is -2.09. The smallest absolute Gasteiger partial charge is 0.225 e. The summed E-state index contributed by atoms with van der Waals surface area (Å²) < 4.78 is 0. The first-order chi connectivity index (χ1) is 7.59. The van der Waals surface area contributed by atoms with Gasteiger partial charge in [0.15, 0.2) is 5.12 Å². The highest BCUT2D eigenvalue weighted by Crippen LogP contribution is 2.14. The summed E-state index contributed by atoms with van der Waals surface area (Å²) in [5.41, 5.74) is 0.991. The molecule has 0 radical (unpaired) electrons. The van der Waals surface area contributed by atoms with Crippen LogP contribution in [0.25, 0.3) is 0 Å². The van der Waals surface area contributed by atoms with Crippen LogP contribution < -0.4 is 0 Å². The number of hydrogen-bond donors (Lipinski definition) is 0. The summed E-state index contributed by atoms with van der Waals surface area (Å²) in [4.78, 5) is 22.3. The highest BCUT2D eigenvalue weighted by atomic mass is 35.5. The molecule has 0 fully saturated rings. The van der Waals surface area contributed by atoms with Crippen LogP contribution in [0, 0.1) is 5.92 Å². The topological polar surface area (TPSA) is 34.1 Å². The molecule has 0 saturated heterocycles. The van der Waals surface area contributed by atoms with E-state index in [2.05, 4.69) is 0 Å². The lowest BCUT2D eigenvalue weighted by atomic mass is 10.2. The minimum Gasteiger partial charge on any atom is -0.287 e. The van der Waals surface area contributed by atoms with Crippen molar-refractivity contribution in [2.24, 2.45) is 5.92 Å². The SMILES string of the molecule is CC(CSC(=O)Cc1ccccc1)C(=O)Cl. The van der Waals surface area contributed by atoms with Crippen LogP contribution in [0.4, 0.5) is 0 Å². The van der Waals surface area contributed by atoms with Crippen LogP contribution in [0.3, 0.4) is 0 Å². The predicted octanol–water partition coefficient (Wildman–Crippen LogP) is 2.89. The first kappa shape index (κ1) is 13.3. The molecule has 0 aliphatic heterocycles. The third-order valence-corrected chi connectivity index (χ3v) is 3.58. The molecule has 1 aromatic rings. The van der Waals surface area contributed by atoms with Gasteiger partial charge in [0.05, 0.1) is 0 Å². The van der Waals surface area contributed by atoms with Gasteiger partial charge < -0.3 is 0 Å². The Morgan fingerprint density at radius 3 is 2.50 bits per heavy atom. The van der Waals surface area contributed by atoms with Gasteiger partial charge in [-0.2, -0.15) is 0 Å². The van der Waals surface area contributed by atoms with Crippen LogP contribution in [0.2, 0.25) is 0 Å². The van der Waals surface area contributed by atoms with Crippen molar-refractivity contribution in [3.05, 3.63) is 35.9 Å². The van der Waals surface area contributed by atoms with Crippen LogP contribution in [0.1, 0.15) is 12.5 Å². The highest BCUT2D eigenvalue weighted by molar-refractivity contribution is 8.13. The Kier molecular flexibility index (Phi) is 5.56. The minimum absolute atomic E-state index is 0.0657. The van der Waals surface area contributed by atoms with E-state index in [0.717, 1.165) is 17.3 Å². The number of halogens is 1. The number of hydrogen-bond acceptors (Lipinski definition) is 3. The van der Waals surface area contributed by atoms with E-state index in [1.165, 1.54) is 0 Å². The van der Waals surface area contributed by atoms with Crippen molar-refractivity contribution >= 4 is 33.7 Å². The van der Waals surface area contributed by atoms with Crippen molar-refractivity contribution in [2.45, 2.75) is 13.3 Å². The molecule has 0 amide bonds. The lowest BCUT2D eigenvalue weighted by molar-refractivity contribution is -0.114. The minimum atomic E-state index is -0.389. The molecule has 2 nitrogen and oxygen atoms in total. The average Bonchev–Trinajstić information content (AvgIpc) is 2.27. The molecule has 0 spiro atoms. The molecule has 0 heterocycles. The van der Waals surface area contributed by atoms with Crippen molar-refractivity contribution in [3.8, 4) is 0 Å². The monoisotopic (exact) mass is 256 g/mol. The number of benzene rings is 1. The fourth-order valence-corrected chi connectivity index (χ4v) is 2.12. The summed E-state index contributed by atoms with van der Waals surface area (Å²) in [6.07, 6.45) is 0.398. The van der Waals surface area contributed by atoms with Gasteiger partial charge in [0, 0.05) is 18.1 Å². The van der Waals surface area contributed by atoms with E-state index in [0.29, 0.717) is 12.2 Å². The normalized spacial score (nSPS) is 12.1. The van der Waals surface area contributed by atoms with E-state index in [-0.39, 0.29) is 16.3 Å². The van der Waals surface area contributed by atoms with Gasteiger partial charge in [-0.25, -0.2) is 0 Å². The Balaban J connectivity index is 2.35. The van der Waals surface area contributed by atoms with Gasteiger partial charge >= 0.3 is 0 Å². The maximum Gasteiger partial charge on any atom is 0.225 e. The largest absolute Gasteiger partial charge is 0.287 e. The third-order valence-electron chi connectivity index (χ3n) is 2.07. The van der Waals surface area contributed by atoms with Crippen molar-refractivity contribution in [3.63, 3.8) is 0 Å². The molecule has 0 bridgehead atoms. The Labute approximate surface area is 104 Å². The van der Waals surface area contributed by atoms with Gasteiger partial charge in [0.25, 0.3) is 0 Å². The summed E-state index contributed by atoms with van der Waals surface area (Å²) >= 11 is 6.47. The predicted molar refractivity (Wildman–Crippen MR) is 67.6 cm³/mol. The zero-order valence-electron chi connectivity index (χ0n) is 8.98. The van der Waals surface area contributed by atoms with E-state index >= 15 is 0 Å². The maximum absolute atomic E-state index is 11.5. The average molecular weight is 257 g/mol. The van der Waals surface area contributed by atoms with E-state index in [4.69, 9.17) is 11.6 Å². The molecule has 86 valence electrons. The summed E-state index contributed by atoms with van der Waals surface area (Å²) in [5, 5.41) is -0.323. The van der Waals surface area contributed by atoms with E-state index in [9.17, 15) is 9.59 Å². The zero-order valence-corrected chi connectivity index (χ0v) is 10.6. The molecular weight excluding hydrogens is 244 g/mol. The second-order valence-electron chi connectivity index (χ2n) is 3.55. The van der Waals surface area contributed by atoms with Crippen molar-refractivity contribution in [1.82, 2.24) is 0 Å². The lowest BCUT2D eigenvalue weighted by Gasteiger charge is -2.04. The zero-order chi connectivity index (χ0) is 12.0. The molecule has 1 aromatic carbocycles. The molecule has 0 aliphatic carbocycles. The molecule has 1 unspecified atom stereocenters. The molecule has 1 rings (SSSR count). The van der Waals surface area contributed by atoms with Crippen LogP contribution in [0.5, 0.6) is 0 Å². The van der Waals surface area contributed by atoms with E-state index in [1.807, 2.05) is 30.3 Å².